The van der Waals surface area contributed by atoms with Crippen LogP contribution in [-0.4, -0.2) is 7.77 Å². The van der Waals surface area contributed by atoms with Crippen LogP contribution >= 0.6 is 48.4 Å². The van der Waals surface area contributed by atoms with Gasteiger partial charge in [-0.25, -0.2) is 4.39 Å². The number of nitriles is 1. The zero-order valence-corrected chi connectivity index (χ0v) is 13.0. The Hall–Kier alpha value is -0.190. The highest BCUT2D eigenvalue weighted by Gasteiger charge is 2.07. The largest absolute Gasteiger partial charge is 0.206 e. The predicted octanol–water partition coefficient (Wildman–Crippen LogP) is 4.38. The summed E-state index contributed by atoms with van der Waals surface area (Å²) >= 11 is 4.68. The van der Waals surface area contributed by atoms with Crippen LogP contribution in [0.1, 0.15) is 11.1 Å². The van der Waals surface area contributed by atoms with E-state index in [2.05, 4.69) is 27.4 Å². The highest BCUT2D eigenvalue weighted by atomic mass is 127. The highest BCUT2D eigenvalue weighted by Crippen LogP contribution is 2.29. The van der Waals surface area contributed by atoms with Crippen molar-refractivity contribution >= 4 is 51.3 Å². The molecule has 0 spiro atoms. The molecule has 0 N–H and O–H groups in total. The van der Waals surface area contributed by atoms with Crippen LogP contribution in [0.4, 0.5) is 4.39 Å². The molecule has 0 aliphatic rings. The van der Waals surface area contributed by atoms with Crippen LogP contribution in [-0.2, 0) is 0 Å². The number of rotatable bonds is 3. The molecule has 0 amide bonds. The van der Waals surface area contributed by atoms with Crippen molar-refractivity contribution in [3.05, 3.63) is 45.5 Å². The van der Waals surface area contributed by atoms with Gasteiger partial charge in [0.25, 0.3) is 0 Å². The Morgan fingerprint density at radius 3 is 2.81 bits per heavy atom. The third-order valence-electron chi connectivity index (χ3n) is 1.69. The van der Waals surface area contributed by atoms with E-state index in [1.807, 2.05) is 6.07 Å². The second kappa shape index (κ2) is 6.52. The molecule has 0 aliphatic carbocycles. The molecule has 0 saturated carbocycles. The third-order valence-corrected chi connectivity index (χ3v) is 6.11. The van der Waals surface area contributed by atoms with Crippen molar-refractivity contribution in [3.8, 4) is 6.07 Å². The van der Waals surface area contributed by atoms with E-state index in [0.29, 0.717) is 0 Å². The van der Waals surface area contributed by atoms with Crippen molar-refractivity contribution in [1.29, 1.82) is 5.26 Å². The quantitative estimate of drug-likeness (QED) is 0.544. The topological polar surface area (TPSA) is 23.8 Å². The molecule has 0 heterocycles. The van der Waals surface area contributed by atoms with E-state index in [1.54, 1.807) is 12.1 Å². The maximum atomic E-state index is 13.1. The average Bonchev–Trinajstić information content (AvgIpc) is 2.26. The van der Waals surface area contributed by atoms with Gasteiger partial charge in [0.1, 0.15) is 11.9 Å². The monoisotopic (exact) mass is 411 g/mol. The number of halogens is 3. The first-order chi connectivity index (χ1) is 7.58. The number of hydrogen-bond donors (Lipinski definition) is 0. The Labute approximate surface area is 117 Å². The van der Waals surface area contributed by atoms with Gasteiger partial charge < -0.3 is 0 Å². The molecular formula is C11H8BrFINS. The Morgan fingerprint density at radius 1 is 1.62 bits per heavy atom. The van der Waals surface area contributed by atoms with Gasteiger partial charge in [-0.15, -0.1) is 20.7 Å². The minimum Gasteiger partial charge on any atom is -0.206 e. The van der Waals surface area contributed by atoms with Gasteiger partial charge in [-0.3, -0.25) is 0 Å². The maximum Gasteiger partial charge on any atom is 0.140 e. The molecule has 1 aromatic rings. The normalized spacial score (nSPS) is 11.5. The molecule has 0 aliphatic heterocycles. The SMILES string of the molecule is C=C(Br)SC(=IC)c1ccc(F)c(C#N)c1. The van der Waals surface area contributed by atoms with E-state index < -0.39 is 5.82 Å². The zero-order chi connectivity index (χ0) is 12.1. The molecule has 1 rings (SSSR count). The van der Waals surface area contributed by atoms with Crippen molar-refractivity contribution in [2.45, 2.75) is 0 Å². The molecule has 0 saturated heterocycles. The van der Waals surface area contributed by atoms with Gasteiger partial charge in [-0.05, 0) is 38.6 Å². The lowest BCUT2D eigenvalue weighted by Crippen LogP contribution is -1.94. The Balaban J connectivity index is 3.13. The minimum atomic E-state index is -0.470. The molecular weight excluding hydrogens is 404 g/mol. The smallest absolute Gasteiger partial charge is 0.140 e. The summed E-state index contributed by atoms with van der Waals surface area (Å²) in [5.74, 6) is -0.470. The molecule has 0 unspecified atom stereocenters. The van der Waals surface area contributed by atoms with Crippen LogP contribution in [0.15, 0.2) is 28.6 Å². The molecule has 0 radical (unpaired) electrons. The van der Waals surface area contributed by atoms with Crippen LogP contribution in [0.5, 0.6) is 0 Å². The highest BCUT2D eigenvalue weighted by molar-refractivity contribution is 14.2. The molecule has 1 nitrogen and oxygen atoms in total. The van der Waals surface area contributed by atoms with Gasteiger partial charge in [-0.2, -0.15) is 5.26 Å². The summed E-state index contributed by atoms with van der Waals surface area (Å²) in [7, 11) is 0. The van der Waals surface area contributed by atoms with E-state index in [9.17, 15) is 4.39 Å². The first-order valence-corrected chi connectivity index (χ1v) is 9.01. The van der Waals surface area contributed by atoms with Crippen LogP contribution in [0.2, 0.25) is 0 Å². The summed E-state index contributed by atoms with van der Waals surface area (Å²) in [5, 5.41) is 8.76. The van der Waals surface area contributed by atoms with Crippen molar-refractivity contribution in [2.24, 2.45) is 0 Å². The lowest BCUT2D eigenvalue weighted by Gasteiger charge is -2.05. The van der Waals surface area contributed by atoms with E-state index >= 15 is 0 Å². The van der Waals surface area contributed by atoms with Gasteiger partial charge in [0.15, 0.2) is 0 Å². The Kier molecular flexibility index (Phi) is 5.66. The van der Waals surface area contributed by atoms with Crippen molar-refractivity contribution in [2.75, 3.05) is 4.93 Å². The third kappa shape index (κ3) is 3.68. The van der Waals surface area contributed by atoms with Crippen molar-refractivity contribution in [3.63, 3.8) is 0 Å². The lowest BCUT2D eigenvalue weighted by molar-refractivity contribution is 0.624. The zero-order valence-electron chi connectivity index (χ0n) is 8.43. The summed E-state index contributed by atoms with van der Waals surface area (Å²) in [5.41, 5.74) is 1.01. The number of alkyl halides is 1. The average molecular weight is 412 g/mol. The molecule has 16 heavy (non-hydrogen) atoms. The molecule has 1 aromatic carbocycles. The minimum absolute atomic E-state index is 0.0910. The number of hydrogen-bond acceptors (Lipinski definition) is 2. The fourth-order valence-corrected chi connectivity index (χ4v) is 5.36. The predicted molar refractivity (Wildman–Crippen MR) is 80.8 cm³/mol. The van der Waals surface area contributed by atoms with Crippen molar-refractivity contribution in [1.82, 2.24) is 0 Å². The molecule has 5 heteroatoms. The molecule has 84 valence electrons. The van der Waals surface area contributed by atoms with Crippen LogP contribution < -0.4 is 0 Å². The molecule has 0 atom stereocenters. The standard InChI is InChI=1S/C11H8BrFINS/c1-7(12)16-11(14-2)8-3-4-10(13)9(5-8)6-15/h3-5H,1H2,2H3. The number of nitrogens with zero attached hydrogens (tertiary/aromatic N) is 1. The van der Waals surface area contributed by atoms with E-state index in [0.717, 1.165) is 12.2 Å². The Bertz CT molecular complexity index is 493. The second-order valence-electron chi connectivity index (χ2n) is 2.73. The van der Waals surface area contributed by atoms with Crippen LogP contribution in [0, 0.1) is 17.1 Å². The van der Waals surface area contributed by atoms with Gasteiger partial charge in [0.2, 0.25) is 0 Å². The van der Waals surface area contributed by atoms with Crippen molar-refractivity contribution < 1.29 is 4.39 Å². The Morgan fingerprint density at radius 2 is 2.31 bits per heavy atom. The molecule has 0 bridgehead atoms. The summed E-state index contributed by atoms with van der Waals surface area (Å²) < 4.78 is 15.1. The van der Waals surface area contributed by atoms with E-state index in [1.165, 1.54) is 17.8 Å². The van der Waals surface area contributed by atoms with Gasteiger partial charge >= 0.3 is 0 Å². The van der Waals surface area contributed by atoms with E-state index in [-0.39, 0.29) is 26.3 Å². The number of benzene rings is 1. The summed E-state index contributed by atoms with van der Waals surface area (Å²) in [6, 6.07) is 6.49. The second-order valence-corrected chi connectivity index (χ2v) is 8.20. The van der Waals surface area contributed by atoms with E-state index in [4.69, 9.17) is 5.26 Å². The maximum absolute atomic E-state index is 13.1. The lowest BCUT2D eigenvalue weighted by atomic mass is 10.1. The fourth-order valence-electron chi connectivity index (χ4n) is 1.04. The first-order valence-electron chi connectivity index (χ1n) is 4.17. The molecule has 0 fully saturated rings. The molecule has 0 aromatic heterocycles. The van der Waals surface area contributed by atoms with Crippen LogP contribution in [0.25, 0.3) is 0 Å². The van der Waals surface area contributed by atoms with Gasteiger partial charge in [0.05, 0.1) is 5.56 Å². The fraction of sp³-hybridized carbons (Fsp3) is 0.0909. The van der Waals surface area contributed by atoms with Crippen LogP contribution in [0.3, 0.4) is 0 Å². The first kappa shape index (κ1) is 13.9. The summed E-state index contributed by atoms with van der Waals surface area (Å²) in [4.78, 5) is 2.12. The number of thioether (sulfide) groups is 1. The summed E-state index contributed by atoms with van der Waals surface area (Å²) in [6.07, 6.45) is 0. The van der Waals surface area contributed by atoms with Gasteiger partial charge in [-0.1, -0.05) is 24.4 Å². The summed E-state index contributed by atoms with van der Waals surface area (Å²) in [6.45, 7) is 3.77. The van der Waals surface area contributed by atoms with Gasteiger partial charge in [0, 0.05) is 6.66 Å².